The van der Waals surface area contributed by atoms with E-state index in [1.54, 1.807) is 13.1 Å². The summed E-state index contributed by atoms with van der Waals surface area (Å²) >= 11 is 0. The first-order chi connectivity index (χ1) is 10.1. The maximum Gasteiger partial charge on any atom is 0.167 e. The second-order valence-electron chi connectivity index (χ2n) is 5.14. The largest absolute Gasteiger partial charge is 0.385 e. The molecule has 0 amide bonds. The number of aliphatic hydroxyl groups is 1. The van der Waals surface area contributed by atoms with Gasteiger partial charge in [0.25, 0.3) is 0 Å². The van der Waals surface area contributed by atoms with Crippen LogP contribution in [0.25, 0.3) is 11.3 Å². The van der Waals surface area contributed by atoms with Gasteiger partial charge in [0.05, 0.1) is 6.54 Å². The Kier molecular flexibility index (Phi) is 3.58. The molecule has 2 heterocycles. The van der Waals surface area contributed by atoms with E-state index in [4.69, 9.17) is 4.52 Å². The number of benzene rings is 1. The van der Waals surface area contributed by atoms with Gasteiger partial charge in [-0.05, 0) is 13.8 Å². The lowest BCUT2D eigenvalue weighted by Crippen LogP contribution is -2.07. The van der Waals surface area contributed by atoms with Crippen molar-refractivity contribution in [3.63, 3.8) is 0 Å². The van der Waals surface area contributed by atoms with E-state index < -0.39 is 6.10 Å². The van der Waals surface area contributed by atoms with E-state index in [1.165, 1.54) is 5.56 Å². The minimum atomic E-state index is -0.608. The van der Waals surface area contributed by atoms with Gasteiger partial charge >= 0.3 is 0 Å². The van der Waals surface area contributed by atoms with Crippen molar-refractivity contribution < 1.29 is 9.63 Å². The summed E-state index contributed by atoms with van der Waals surface area (Å²) in [5.41, 5.74) is 3.00. The second kappa shape index (κ2) is 5.54. The van der Waals surface area contributed by atoms with E-state index >= 15 is 0 Å². The molecule has 0 unspecified atom stereocenters. The molecule has 108 valence electrons. The third kappa shape index (κ3) is 2.87. The van der Waals surface area contributed by atoms with E-state index in [0.717, 1.165) is 17.0 Å². The molecule has 0 aliphatic carbocycles. The zero-order valence-corrected chi connectivity index (χ0v) is 12.0. The molecule has 1 aromatic carbocycles. The van der Waals surface area contributed by atoms with Gasteiger partial charge in [-0.3, -0.25) is 0 Å². The molecule has 21 heavy (non-hydrogen) atoms. The van der Waals surface area contributed by atoms with Crippen LogP contribution in [0.4, 0.5) is 0 Å². The van der Waals surface area contributed by atoms with Crippen molar-refractivity contribution in [2.45, 2.75) is 26.5 Å². The molecular weight excluding hydrogens is 266 g/mol. The van der Waals surface area contributed by atoms with Crippen LogP contribution in [0.3, 0.4) is 0 Å². The maximum absolute atomic E-state index is 9.65. The van der Waals surface area contributed by atoms with E-state index in [2.05, 4.69) is 10.1 Å². The Balaban J connectivity index is 1.82. The Morgan fingerprint density at radius 3 is 2.76 bits per heavy atom. The van der Waals surface area contributed by atoms with Gasteiger partial charge in [0, 0.05) is 24.0 Å². The van der Waals surface area contributed by atoms with Crippen molar-refractivity contribution in [3.05, 3.63) is 59.8 Å². The fraction of sp³-hybridized carbons (Fsp3) is 0.250. The summed E-state index contributed by atoms with van der Waals surface area (Å²) in [4.78, 5) is 4.14. The van der Waals surface area contributed by atoms with Gasteiger partial charge in [-0.25, -0.2) is 4.98 Å². The highest BCUT2D eigenvalue weighted by Crippen LogP contribution is 2.21. The number of imidazole rings is 1. The van der Waals surface area contributed by atoms with Gasteiger partial charge in [-0.1, -0.05) is 35.0 Å². The van der Waals surface area contributed by atoms with Crippen LogP contribution in [0.1, 0.15) is 30.1 Å². The molecular formula is C16H17N3O2. The molecule has 5 heteroatoms. The van der Waals surface area contributed by atoms with Crippen LogP contribution in [-0.4, -0.2) is 19.8 Å². The fourth-order valence-corrected chi connectivity index (χ4v) is 2.24. The summed E-state index contributed by atoms with van der Waals surface area (Å²) in [6.45, 7) is 4.27. The molecule has 0 bridgehead atoms. The van der Waals surface area contributed by atoms with Gasteiger partial charge in [-0.15, -0.1) is 0 Å². The molecule has 0 aliphatic rings. The summed E-state index contributed by atoms with van der Waals surface area (Å²) in [7, 11) is 0. The first-order valence-corrected chi connectivity index (χ1v) is 6.85. The summed E-state index contributed by atoms with van der Waals surface area (Å²) < 4.78 is 7.26. The molecule has 1 N–H and O–H groups in total. The predicted octanol–water partition coefficient (Wildman–Crippen LogP) is 2.95. The first-order valence-electron chi connectivity index (χ1n) is 6.85. The number of nitrogens with zero attached hydrogens (tertiary/aromatic N) is 3. The topological polar surface area (TPSA) is 64.1 Å². The standard InChI is InChI=1S/C16H17N3O2/c1-11-3-5-13(6-4-11)15-9-14(18-21-15)10-19-8-7-17-16(19)12(2)20/h3-9,12,20H,10H2,1-2H3/t12-/m0/s1. The van der Waals surface area contributed by atoms with Crippen LogP contribution in [0.2, 0.25) is 0 Å². The van der Waals surface area contributed by atoms with Gasteiger partial charge < -0.3 is 14.2 Å². The average molecular weight is 283 g/mol. The molecule has 5 nitrogen and oxygen atoms in total. The zero-order valence-electron chi connectivity index (χ0n) is 12.0. The van der Waals surface area contributed by atoms with Crippen molar-refractivity contribution in [2.75, 3.05) is 0 Å². The maximum atomic E-state index is 9.65. The third-order valence-corrected chi connectivity index (χ3v) is 3.35. The van der Waals surface area contributed by atoms with Crippen LogP contribution >= 0.6 is 0 Å². The second-order valence-corrected chi connectivity index (χ2v) is 5.14. The zero-order chi connectivity index (χ0) is 14.8. The lowest BCUT2D eigenvalue weighted by molar-refractivity contribution is 0.184. The molecule has 3 rings (SSSR count). The Bertz CT molecular complexity index is 726. The third-order valence-electron chi connectivity index (χ3n) is 3.35. The highest BCUT2D eigenvalue weighted by atomic mass is 16.5. The van der Waals surface area contributed by atoms with Crippen molar-refractivity contribution in [1.29, 1.82) is 0 Å². The molecule has 2 aromatic heterocycles. The first kappa shape index (κ1) is 13.6. The summed E-state index contributed by atoms with van der Waals surface area (Å²) in [5, 5.41) is 13.7. The van der Waals surface area contributed by atoms with E-state index in [1.807, 2.05) is 48.0 Å². The molecule has 1 atom stereocenters. The molecule has 0 saturated heterocycles. The van der Waals surface area contributed by atoms with E-state index in [-0.39, 0.29) is 0 Å². The monoisotopic (exact) mass is 283 g/mol. The number of rotatable bonds is 4. The van der Waals surface area contributed by atoms with E-state index in [0.29, 0.717) is 12.4 Å². The minimum Gasteiger partial charge on any atom is -0.385 e. The SMILES string of the molecule is Cc1ccc(-c2cc(Cn3ccnc3[C@H](C)O)no2)cc1. The Morgan fingerprint density at radius 1 is 1.29 bits per heavy atom. The number of aliphatic hydroxyl groups excluding tert-OH is 1. The number of hydrogen-bond donors (Lipinski definition) is 1. The Morgan fingerprint density at radius 2 is 2.05 bits per heavy atom. The summed E-state index contributed by atoms with van der Waals surface area (Å²) in [6, 6.07) is 10.0. The van der Waals surface area contributed by atoms with E-state index in [9.17, 15) is 5.11 Å². The molecule has 0 radical (unpaired) electrons. The van der Waals surface area contributed by atoms with Crippen LogP contribution in [0.15, 0.2) is 47.2 Å². The predicted molar refractivity (Wildman–Crippen MR) is 78.6 cm³/mol. The fourth-order valence-electron chi connectivity index (χ4n) is 2.24. The van der Waals surface area contributed by atoms with Crippen LogP contribution < -0.4 is 0 Å². The Labute approximate surface area is 122 Å². The smallest absolute Gasteiger partial charge is 0.167 e. The molecule has 3 aromatic rings. The minimum absolute atomic E-state index is 0.523. The normalized spacial score (nSPS) is 12.5. The van der Waals surface area contributed by atoms with Gasteiger partial charge in [0.1, 0.15) is 17.6 Å². The van der Waals surface area contributed by atoms with Crippen molar-refractivity contribution >= 4 is 0 Å². The number of hydrogen-bond acceptors (Lipinski definition) is 4. The van der Waals surface area contributed by atoms with Gasteiger partial charge in [-0.2, -0.15) is 0 Å². The highest BCUT2D eigenvalue weighted by Gasteiger charge is 2.12. The average Bonchev–Trinajstić information content (AvgIpc) is 3.09. The van der Waals surface area contributed by atoms with Crippen LogP contribution in [0.5, 0.6) is 0 Å². The lowest BCUT2D eigenvalue weighted by atomic mass is 10.1. The summed E-state index contributed by atoms with van der Waals surface area (Å²) in [6.07, 6.45) is 2.88. The van der Waals surface area contributed by atoms with Crippen LogP contribution in [0, 0.1) is 6.92 Å². The number of aromatic nitrogens is 3. The van der Waals surface area contributed by atoms with Gasteiger partial charge in [0.2, 0.25) is 0 Å². The lowest BCUT2D eigenvalue weighted by Gasteiger charge is -2.07. The Hall–Kier alpha value is -2.40. The number of aryl methyl sites for hydroxylation is 1. The molecule has 0 spiro atoms. The summed E-state index contributed by atoms with van der Waals surface area (Å²) in [5.74, 6) is 1.36. The van der Waals surface area contributed by atoms with Gasteiger partial charge in [0.15, 0.2) is 5.76 Å². The quantitative estimate of drug-likeness (QED) is 0.799. The molecule has 0 fully saturated rings. The van der Waals surface area contributed by atoms with Crippen molar-refractivity contribution in [1.82, 2.24) is 14.7 Å². The molecule has 0 saturated carbocycles. The van der Waals surface area contributed by atoms with Crippen LogP contribution in [-0.2, 0) is 6.54 Å². The van der Waals surface area contributed by atoms with Crippen molar-refractivity contribution in [3.8, 4) is 11.3 Å². The van der Waals surface area contributed by atoms with Crippen molar-refractivity contribution in [2.24, 2.45) is 0 Å². The molecule has 0 aliphatic heterocycles. The highest BCUT2D eigenvalue weighted by molar-refractivity contribution is 5.57.